The summed E-state index contributed by atoms with van der Waals surface area (Å²) in [6, 6.07) is 7.35. The van der Waals surface area contributed by atoms with E-state index in [1.165, 1.54) is 0 Å². The van der Waals surface area contributed by atoms with Gasteiger partial charge in [0.25, 0.3) is 0 Å². The Morgan fingerprint density at radius 2 is 2.11 bits per heavy atom. The highest BCUT2D eigenvalue weighted by Gasteiger charge is 2.29. The van der Waals surface area contributed by atoms with Gasteiger partial charge in [-0.1, -0.05) is 26.0 Å². The number of carbonyl (C=O) groups is 2. The second-order valence-corrected chi connectivity index (χ2v) is 5.48. The highest BCUT2D eigenvalue weighted by molar-refractivity contribution is 6.04. The van der Waals surface area contributed by atoms with Crippen LogP contribution in [0.2, 0.25) is 0 Å². The Morgan fingerprint density at radius 1 is 1.42 bits per heavy atom. The number of amides is 2. The van der Waals surface area contributed by atoms with Crippen LogP contribution in [-0.4, -0.2) is 17.9 Å². The van der Waals surface area contributed by atoms with Gasteiger partial charge in [-0.25, -0.2) is 0 Å². The molecule has 1 aliphatic rings. The van der Waals surface area contributed by atoms with Crippen molar-refractivity contribution in [3.63, 3.8) is 0 Å². The number of nitrogens with zero attached hydrogens (tertiary/aromatic N) is 1. The molecule has 4 heteroatoms. The second-order valence-electron chi connectivity index (χ2n) is 5.48. The van der Waals surface area contributed by atoms with Gasteiger partial charge in [-0.15, -0.1) is 0 Å². The Kier molecular flexibility index (Phi) is 3.88. The van der Waals surface area contributed by atoms with Gasteiger partial charge in [-0.2, -0.15) is 0 Å². The molecule has 2 amide bonds. The summed E-state index contributed by atoms with van der Waals surface area (Å²) in [4.78, 5) is 26.0. The van der Waals surface area contributed by atoms with E-state index in [0.29, 0.717) is 24.4 Å². The van der Waals surface area contributed by atoms with Gasteiger partial charge in [0.2, 0.25) is 11.8 Å². The number of anilines is 2. The largest absolute Gasteiger partial charge is 0.324 e. The summed E-state index contributed by atoms with van der Waals surface area (Å²) < 4.78 is 0. The van der Waals surface area contributed by atoms with Gasteiger partial charge in [0, 0.05) is 18.9 Å². The van der Waals surface area contributed by atoms with Crippen LogP contribution >= 0.6 is 0 Å². The van der Waals surface area contributed by atoms with Gasteiger partial charge >= 0.3 is 0 Å². The number of hydrogen-bond donors (Lipinski definition) is 1. The van der Waals surface area contributed by atoms with E-state index in [1.807, 2.05) is 45.0 Å². The number of rotatable bonds is 2. The number of hydrogen-bond acceptors (Lipinski definition) is 2. The first-order valence-corrected chi connectivity index (χ1v) is 6.70. The molecular formula is C15H20N2O2. The minimum Gasteiger partial charge on any atom is -0.324 e. The standard InChI is InChI=1S/C15H20N2O2/c1-10(2)8-15(19)17-11(3)9-14(18)16-12-6-4-5-7-13(12)17/h4-7,10-11H,8-9H2,1-3H3,(H,16,18)/t11-/m1/s1. The predicted molar refractivity (Wildman–Crippen MR) is 76.1 cm³/mol. The average molecular weight is 260 g/mol. The number of para-hydroxylation sites is 2. The Morgan fingerprint density at radius 3 is 2.79 bits per heavy atom. The van der Waals surface area contributed by atoms with Gasteiger partial charge in [0.15, 0.2) is 0 Å². The summed E-state index contributed by atoms with van der Waals surface area (Å²) in [5.41, 5.74) is 1.51. The minimum atomic E-state index is -0.116. The lowest BCUT2D eigenvalue weighted by Crippen LogP contribution is -2.39. The molecule has 0 spiro atoms. The van der Waals surface area contributed by atoms with E-state index in [4.69, 9.17) is 0 Å². The minimum absolute atomic E-state index is 0.0419. The van der Waals surface area contributed by atoms with Crippen LogP contribution in [0.25, 0.3) is 0 Å². The molecule has 0 saturated carbocycles. The maximum absolute atomic E-state index is 12.4. The normalized spacial score (nSPS) is 18.8. The van der Waals surface area contributed by atoms with Crippen LogP contribution in [0.1, 0.15) is 33.6 Å². The monoisotopic (exact) mass is 260 g/mol. The molecule has 0 unspecified atom stereocenters. The third-order valence-electron chi connectivity index (χ3n) is 3.21. The zero-order chi connectivity index (χ0) is 14.0. The number of fused-ring (bicyclic) bond motifs is 1. The fourth-order valence-corrected chi connectivity index (χ4v) is 2.42. The number of carbonyl (C=O) groups excluding carboxylic acids is 2. The Bertz CT molecular complexity index is 497. The summed E-state index contributed by atoms with van der Waals surface area (Å²) in [6.07, 6.45) is 0.825. The fraction of sp³-hybridized carbons (Fsp3) is 0.467. The quantitative estimate of drug-likeness (QED) is 0.889. The van der Waals surface area contributed by atoms with E-state index < -0.39 is 0 Å². The smallest absolute Gasteiger partial charge is 0.227 e. The van der Waals surface area contributed by atoms with Gasteiger partial charge in [0.05, 0.1) is 11.4 Å². The molecule has 0 radical (unpaired) electrons. The van der Waals surface area contributed by atoms with E-state index in [0.717, 1.165) is 5.69 Å². The number of benzene rings is 1. The van der Waals surface area contributed by atoms with E-state index in [1.54, 1.807) is 4.90 Å². The van der Waals surface area contributed by atoms with Crippen molar-refractivity contribution in [2.45, 2.75) is 39.7 Å². The van der Waals surface area contributed by atoms with Gasteiger partial charge in [0.1, 0.15) is 0 Å². The molecule has 1 atom stereocenters. The topological polar surface area (TPSA) is 49.4 Å². The van der Waals surface area contributed by atoms with Crippen LogP contribution in [0, 0.1) is 5.92 Å². The molecule has 19 heavy (non-hydrogen) atoms. The van der Waals surface area contributed by atoms with Crippen LogP contribution < -0.4 is 10.2 Å². The van der Waals surface area contributed by atoms with Crippen LogP contribution in [-0.2, 0) is 9.59 Å². The van der Waals surface area contributed by atoms with Crippen LogP contribution in [0.15, 0.2) is 24.3 Å². The highest BCUT2D eigenvalue weighted by atomic mass is 16.2. The molecule has 0 saturated heterocycles. The summed E-state index contributed by atoms with van der Waals surface area (Å²) in [7, 11) is 0. The van der Waals surface area contributed by atoms with Crippen molar-refractivity contribution in [2.24, 2.45) is 5.92 Å². The van der Waals surface area contributed by atoms with Gasteiger partial charge in [-0.05, 0) is 25.0 Å². The highest BCUT2D eigenvalue weighted by Crippen LogP contribution is 2.32. The van der Waals surface area contributed by atoms with Crippen molar-refractivity contribution >= 4 is 23.2 Å². The van der Waals surface area contributed by atoms with Crippen LogP contribution in [0.5, 0.6) is 0 Å². The molecule has 2 rings (SSSR count). The zero-order valence-electron chi connectivity index (χ0n) is 11.6. The Balaban J connectivity index is 2.40. The van der Waals surface area contributed by atoms with Crippen molar-refractivity contribution in [3.05, 3.63) is 24.3 Å². The lowest BCUT2D eigenvalue weighted by Gasteiger charge is -2.28. The van der Waals surface area contributed by atoms with Gasteiger partial charge < -0.3 is 10.2 Å². The summed E-state index contributed by atoms with van der Waals surface area (Å²) in [6.45, 7) is 5.96. The molecule has 1 aromatic carbocycles. The molecule has 0 fully saturated rings. The molecule has 4 nitrogen and oxygen atoms in total. The van der Waals surface area contributed by atoms with Crippen LogP contribution in [0.3, 0.4) is 0 Å². The Labute approximate surface area is 113 Å². The van der Waals surface area contributed by atoms with Crippen molar-refractivity contribution in [1.82, 2.24) is 0 Å². The lowest BCUT2D eigenvalue weighted by atomic mass is 10.1. The molecule has 0 aliphatic carbocycles. The first kappa shape index (κ1) is 13.6. The van der Waals surface area contributed by atoms with Crippen molar-refractivity contribution < 1.29 is 9.59 Å². The first-order valence-electron chi connectivity index (χ1n) is 6.70. The molecule has 0 aromatic heterocycles. The third-order valence-corrected chi connectivity index (χ3v) is 3.21. The molecule has 102 valence electrons. The Hall–Kier alpha value is -1.84. The number of nitrogens with one attached hydrogen (secondary N) is 1. The molecule has 1 aromatic rings. The lowest BCUT2D eigenvalue weighted by molar-refractivity contribution is -0.120. The molecular weight excluding hydrogens is 240 g/mol. The maximum atomic E-state index is 12.4. The van der Waals surface area contributed by atoms with E-state index in [2.05, 4.69) is 5.32 Å². The maximum Gasteiger partial charge on any atom is 0.227 e. The predicted octanol–water partition coefficient (Wildman–Crippen LogP) is 2.80. The summed E-state index contributed by atoms with van der Waals surface area (Å²) in [5, 5.41) is 2.86. The molecule has 1 N–H and O–H groups in total. The molecule has 1 heterocycles. The molecule has 1 aliphatic heterocycles. The first-order chi connectivity index (χ1) is 8.99. The second kappa shape index (κ2) is 5.43. The zero-order valence-corrected chi connectivity index (χ0v) is 11.6. The summed E-state index contributed by atoms with van der Waals surface area (Å²) >= 11 is 0. The van der Waals surface area contributed by atoms with E-state index >= 15 is 0 Å². The van der Waals surface area contributed by atoms with Gasteiger partial charge in [-0.3, -0.25) is 9.59 Å². The fourth-order valence-electron chi connectivity index (χ4n) is 2.42. The van der Waals surface area contributed by atoms with Crippen molar-refractivity contribution in [3.8, 4) is 0 Å². The average Bonchev–Trinajstić information content (AvgIpc) is 2.42. The summed E-state index contributed by atoms with van der Waals surface area (Å²) in [5.74, 6) is 0.338. The third kappa shape index (κ3) is 2.95. The van der Waals surface area contributed by atoms with Crippen LogP contribution in [0.4, 0.5) is 11.4 Å². The van der Waals surface area contributed by atoms with Crippen molar-refractivity contribution in [2.75, 3.05) is 10.2 Å². The van der Waals surface area contributed by atoms with E-state index in [-0.39, 0.29) is 17.9 Å². The van der Waals surface area contributed by atoms with E-state index in [9.17, 15) is 9.59 Å². The van der Waals surface area contributed by atoms with Crippen molar-refractivity contribution in [1.29, 1.82) is 0 Å². The SMILES string of the molecule is CC(C)CC(=O)N1c2ccccc2NC(=O)C[C@H]1C. The molecule has 0 bridgehead atoms.